The standard InChI is InChI=1S/C13H16FNO3/c1-9-4-10(6-11(14)5-9)13(17)15-2-3-18-8-12(15)7-16/h4-6,12,16H,2-3,7-8H2,1H3. The quantitative estimate of drug-likeness (QED) is 0.854. The predicted molar refractivity (Wildman–Crippen MR) is 63.9 cm³/mol. The first-order chi connectivity index (χ1) is 8.61. The van der Waals surface area contributed by atoms with Gasteiger partial charge >= 0.3 is 0 Å². The summed E-state index contributed by atoms with van der Waals surface area (Å²) in [5.74, 6) is -0.688. The Balaban J connectivity index is 2.23. The lowest BCUT2D eigenvalue weighted by Gasteiger charge is -2.34. The van der Waals surface area contributed by atoms with Crippen LogP contribution in [-0.4, -0.2) is 48.3 Å². The molecule has 98 valence electrons. The lowest BCUT2D eigenvalue weighted by Crippen LogP contribution is -2.50. The topological polar surface area (TPSA) is 49.8 Å². The summed E-state index contributed by atoms with van der Waals surface area (Å²) < 4.78 is 18.5. The Morgan fingerprint density at radius 3 is 3.00 bits per heavy atom. The molecule has 2 rings (SSSR count). The van der Waals surface area contributed by atoms with Gasteiger partial charge < -0.3 is 14.7 Å². The van der Waals surface area contributed by atoms with E-state index in [0.29, 0.717) is 30.9 Å². The second kappa shape index (κ2) is 5.46. The van der Waals surface area contributed by atoms with Crippen LogP contribution in [0.4, 0.5) is 4.39 Å². The minimum atomic E-state index is -0.424. The molecule has 5 heteroatoms. The average molecular weight is 253 g/mol. The summed E-state index contributed by atoms with van der Waals surface area (Å²) in [5.41, 5.74) is 1.01. The van der Waals surface area contributed by atoms with E-state index in [9.17, 15) is 14.3 Å². The summed E-state index contributed by atoms with van der Waals surface area (Å²) in [6.45, 7) is 2.76. The molecule has 0 bridgehead atoms. The number of aliphatic hydroxyl groups excluding tert-OH is 1. The van der Waals surface area contributed by atoms with Crippen LogP contribution >= 0.6 is 0 Å². The van der Waals surface area contributed by atoms with Gasteiger partial charge in [0.25, 0.3) is 5.91 Å². The fraction of sp³-hybridized carbons (Fsp3) is 0.462. The van der Waals surface area contributed by atoms with Gasteiger partial charge in [0.1, 0.15) is 5.82 Å². The molecule has 0 radical (unpaired) electrons. The second-order valence-corrected chi connectivity index (χ2v) is 4.43. The molecule has 0 spiro atoms. The molecule has 1 amide bonds. The van der Waals surface area contributed by atoms with Gasteiger partial charge in [0, 0.05) is 12.1 Å². The van der Waals surface area contributed by atoms with Gasteiger partial charge in [0.15, 0.2) is 0 Å². The number of rotatable bonds is 2. The largest absolute Gasteiger partial charge is 0.394 e. The van der Waals surface area contributed by atoms with Crippen molar-refractivity contribution in [2.45, 2.75) is 13.0 Å². The van der Waals surface area contributed by atoms with Crippen LogP contribution in [0.25, 0.3) is 0 Å². The Morgan fingerprint density at radius 1 is 1.56 bits per heavy atom. The Hall–Kier alpha value is -1.46. The highest BCUT2D eigenvalue weighted by atomic mass is 19.1. The zero-order valence-corrected chi connectivity index (χ0v) is 10.2. The summed E-state index contributed by atoms with van der Waals surface area (Å²) in [6, 6.07) is 3.89. The average Bonchev–Trinajstić information content (AvgIpc) is 2.36. The number of nitrogens with zero attached hydrogens (tertiary/aromatic N) is 1. The number of carbonyl (C=O) groups excluding carboxylic acids is 1. The molecule has 0 aliphatic carbocycles. The fourth-order valence-electron chi connectivity index (χ4n) is 2.10. The van der Waals surface area contributed by atoms with Crippen LogP contribution in [0, 0.1) is 12.7 Å². The molecule has 1 aromatic rings. The third kappa shape index (κ3) is 2.68. The van der Waals surface area contributed by atoms with Crippen LogP contribution in [0.1, 0.15) is 15.9 Å². The van der Waals surface area contributed by atoms with Crippen molar-refractivity contribution in [3.8, 4) is 0 Å². The van der Waals surface area contributed by atoms with Crippen LogP contribution in [0.2, 0.25) is 0 Å². The summed E-state index contributed by atoms with van der Waals surface area (Å²) >= 11 is 0. The van der Waals surface area contributed by atoms with Crippen molar-refractivity contribution >= 4 is 5.91 Å². The van der Waals surface area contributed by atoms with Crippen molar-refractivity contribution in [3.63, 3.8) is 0 Å². The zero-order valence-electron chi connectivity index (χ0n) is 10.2. The van der Waals surface area contributed by atoms with Gasteiger partial charge in [-0.2, -0.15) is 0 Å². The third-order valence-electron chi connectivity index (χ3n) is 2.99. The van der Waals surface area contributed by atoms with Gasteiger partial charge in [0.2, 0.25) is 0 Å². The van der Waals surface area contributed by atoms with Crippen LogP contribution in [0.5, 0.6) is 0 Å². The molecule has 18 heavy (non-hydrogen) atoms. The molecule has 0 saturated carbocycles. The number of hydrogen-bond donors (Lipinski definition) is 1. The number of halogens is 1. The van der Waals surface area contributed by atoms with Crippen LogP contribution in [0.3, 0.4) is 0 Å². The Morgan fingerprint density at radius 2 is 2.33 bits per heavy atom. The molecule has 1 atom stereocenters. The molecule has 1 aromatic carbocycles. The van der Waals surface area contributed by atoms with E-state index in [1.807, 2.05) is 0 Å². The predicted octanol–water partition coefficient (Wildman–Crippen LogP) is 0.967. The van der Waals surface area contributed by atoms with Crippen LogP contribution < -0.4 is 0 Å². The van der Waals surface area contributed by atoms with Crippen molar-refractivity contribution < 1.29 is 19.0 Å². The van der Waals surface area contributed by atoms with Gasteiger partial charge in [-0.05, 0) is 30.7 Å². The van der Waals surface area contributed by atoms with Crippen LogP contribution in [0.15, 0.2) is 18.2 Å². The van der Waals surface area contributed by atoms with Crippen molar-refractivity contribution in [2.24, 2.45) is 0 Å². The second-order valence-electron chi connectivity index (χ2n) is 4.43. The smallest absolute Gasteiger partial charge is 0.254 e. The number of morpholine rings is 1. The maximum absolute atomic E-state index is 13.3. The Kier molecular flexibility index (Phi) is 3.93. The minimum absolute atomic E-state index is 0.153. The molecular formula is C13H16FNO3. The van der Waals surface area contributed by atoms with Crippen molar-refractivity contribution in [1.29, 1.82) is 0 Å². The molecule has 1 fully saturated rings. The van der Waals surface area contributed by atoms with E-state index in [0.717, 1.165) is 0 Å². The number of aryl methyl sites for hydroxylation is 1. The Labute approximate surface area is 105 Å². The highest BCUT2D eigenvalue weighted by molar-refractivity contribution is 5.94. The molecule has 1 saturated heterocycles. The summed E-state index contributed by atoms with van der Waals surface area (Å²) in [5, 5.41) is 9.22. The van der Waals surface area contributed by atoms with E-state index in [4.69, 9.17) is 4.74 Å². The molecule has 1 unspecified atom stereocenters. The lowest BCUT2D eigenvalue weighted by molar-refractivity contribution is -0.0184. The van der Waals surface area contributed by atoms with E-state index >= 15 is 0 Å². The molecular weight excluding hydrogens is 237 g/mol. The maximum atomic E-state index is 13.3. The molecule has 1 N–H and O–H groups in total. The van der Waals surface area contributed by atoms with E-state index in [1.165, 1.54) is 17.0 Å². The fourth-order valence-corrected chi connectivity index (χ4v) is 2.10. The van der Waals surface area contributed by atoms with E-state index in [1.54, 1.807) is 13.0 Å². The molecule has 0 aromatic heterocycles. The maximum Gasteiger partial charge on any atom is 0.254 e. The number of ether oxygens (including phenoxy) is 1. The van der Waals surface area contributed by atoms with Gasteiger partial charge in [-0.15, -0.1) is 0 Å². The number of hydrogen-bond acceptors (Lipinski definition) is 3. The van der Waals surface area contributed by atoms with E-state index in [2.05, 4.69) is 0 Å². The first-order valence-electron chi connectivity index (χ1n) is 5.88. The molecule has 1 aliphatic rings. The summed E-state index contributed by atoms with van der Waals surface area (Å²) in [4.78, 5) is 13.8. The first kappa shape index (κ1) is 13.0. The van der Waals surface area contributed by atoms with Crippen LogP contribution in [-0.2, 0) is 4.74 Å². The van der Waals surface area contributed by atoms with E-state index < -0.39 is 5.82 Å². The monoisotopic (exact) mass is 253 g/mol. The van der Waals surface area contributed by atoms with Gasteiger partial charge in [-0.3, -0.25) is 4.79 Å². The number of amides is 1. The number of aliphatic hydroxyl groups is 1. The molecule has 1 heterocycles. The van der Waals surface area contributed by atoms with Crippen molar-refractivity contribution in [2.75, 3.05) is 26.4 Å². The molecule has 4 nitrogen and oxygen atoms in total. The SMILES string of the molecule is Cc1cc(F)cc(C(=O)N2CCOCC2CO)c1. The molecule has 1 aliphatic heterocycles. The zero-order chi connectivity index (χ0) is 13.1. The summed E-state index contributed by atoms with van der Waals surface area (Å²) in [6.07, 6.45) is 0. The number of carbonyl (C=O) groups is 1. The van der Waals surface area contributed by atoms with Gasteiger partial charge in [-0.1, -0.05) is 0 Å². The third-order valence-corrected chi connectivity index (χ3v) is 2.99. The Bertz CT molecular complexity index is 430. The minimum Gasteiger partial charge on any atom is -0.394 e. The van der Waals surface area contributed by atoms with Gasteiger partial charge in [-0.25, -0.2) is 4.39 Å². The van der Waals surface area contributed by atoms with Crippen molar-refractivity contribution in [3.05, 3.63) is 35.1 Å². The first-order valence-corrected chi connectivity index (χ1v) is 5.88. The van der Waals surface area contributed by atoms with E-state index in [-0.39, 0.29) is 18.6 Å². The summed E-state index contributed by atoms with van der Waals surface area (Å²) in [7, 11) is 0. The number of benzene rings is 1. The van der Waals surface area contributed by atoms with Crippen molar-refractivity contribution in [1.82, 2.24) is 4.90 Å². The highest BCUT2D eigenvalue weighted by Gasteiger charge is 2.27. The normalized spacial score (nSPS) is 19.9. The highest BCUT2D eigenvalue weighted by Crippen LogP contribution is 2.15. The van der Waals surface area contributed by atoms with Gasteiger partial charge in [0.05, 0.1) is 25.9 Å². The lowest BCUT2D eigenvalue weighted by atomic mass is 10.1.